The number of hydrogen-bond donors (Lipinski definition) is 0. The summed E-state index contributed by atoms with van der Waals surface area (Å²) in [5.74, 6) is 0.699. The Kier molecular flexibility index (Phi) is 4.56. The number of hydrogen-bond acceptors (Lipinski definition) is 2. The number of likely N-dealkylation sites (tertiary alicyclic amines) is 1. The Labute approximate surface area is 138 Å². The van der Waals surface area contributed by atoms with Gasteiger partial charge in [-0.1, -0.05) is 13.3 Å². The van der Waals surface area contributed by atoms with Crippen molar-refractivity contribution in [2.75, 3.05) is 13.1 Å². The number of imidazole rings is 1. The second-order valence-electron chi connectivity index (χ2n) is 6.17. The Morgan fingerprint density at radius 1 is 1.35 bits per heavy atom. The summed E-state index contributed by atoms with van der Waals surface area (Å²) in [5, 5.41) is 0.235. The summed E-state index contributed by atoms with van der Waals surface area (Å²) >= 11 is 6.15. The van der Waals surface area contributed by atoms with Gasteiger partial charge in [-0.2, -0.15) is 13.2 Å². The van der Waals surface area contributed by atoms with Crippen LogP contribution in [0.15, 0.2) is 18.2 Å². The SMILES string of the molecule is CCCC1CCN(Cn2c(Cl)nc3cc(C(F)(F)F)ccc32)C1. The minimum Gasteiger partial charge on any atom is -0.301 e. The van der Waals surface area contributed by atoms with Crippen molar-refractivity contribution in [3.8, 4) is 0 Å². The number of halogens is 4. The van der Waals surface area contributed by atoms with Crippen LogP contribution in [0, 0.1) is 5.92 Å². The predicted molar refractivity (Wildman–Crippen MR) is 84.3 cm³/mol. The first kappa shape index (κ1) is 16.6. The van der Waals surface area contributed by atoms with Crippen LogP contribution < -0.4 is 0 Å². The highest BCUT2D eigenvalue weighted by Gasteiger charge is 2.31. The van der Waals surface area contributed by atoms with Crippen LogP contribution in [0.3, 0.4) is 0 Å². The smallest absolute Gasteiger partial charge is 0.301 e. The zero-order valence-corrected chi connectivity index (χ0v) is 13.7. The van der Waals surface area contributed by atoms with Crippen LogP contribution in [0.4, 0.5) is 13.2 Å². The molecule has 1 aliphatic heterocycles. The van der Waals surface area contributed by atoms with E-state index in [-0.39, 0.29) is 10.8 Å². The van der Waals surface area contributed by atoms with Gasteiger partial charge in [-0.3, -0.25) is 4.90 Å². The standard InChI is InChI=1S/C16H19ClF3N3/c1-2-3-11-6-7-22(9-11)10-23-14-5-4-12(16(18,19)20)8-13(14)21-15(23)17/h4-5,8,11H,2-3,6-7,9-10H2,1H3. The second-order valence-corrected chi connectivity index (χ2v) is 6.51. The zero-order valence-electron chi connectivity index (χ0n) is 12.9. The summed E-state index contributed by atoms with van der Waals surface area (Å²) < 4.78 is 40.2. The molecule has 23 heavy (non-hydrogen) atoms. The highest BCUT2D eigenvalue weighted by molar-refractivity contribution is 6.29. The average Bonchev–Trinajstić information content (AvgIpc) is 3.03. The molecule has 1 saturated heterocycles. The molecule has 3 rings (SSSR count). The third-order valence-electron chi connectivity index (χ3n) is 4.44. The van der Waals surface area contributed by atoms with Gasteiger partial charge in [-0.25, -0.2) is 4.98 Å². The lowest BCUT2D eigenvalue weighted by Gasteiger charge is -2.18. The molecule has 1 unspecified atom stereocenters. The van der Waals surface area contributed by atoms with Crippen molar-refractivity contribution in [1.82, 2.24) is 14.5 Å². The van der Waals surface area contributed by atoms with Crippen LogP contribution in [-0.2, 0) is 12.8 Å². The van der Waals surface area contributed by atoms with Gasteiger partial charge in [-0.05, 0) is 48.6 Å². The van der Waals surface area contributed by atoms with Crippen molar-refractivity contribution in [3.63, 3.8) is 0 Å². The molecule has 0 amide bonds. The molecule has 0 radical (unpaired) electrons. The molecule has 1 aromatic carbocycles. The van der Waals surface area contributed by atoms with Crippen molar-refractivity contribution in [3.05, 3.63) is 29.0 Å². The highest BCUT2D eigenvalue weighted by Crippen LogP contribution is 2.32. The molecule has 126 valence electrons. The minimum absolute atomic E-state index is 0.235. The molecule has 2 heterocycles. The summed E-state index contributed by atoms with van der Waals surface area (Å²) in [6.45, 7) is 4.74. The number of fused-ring (bicyclic) bond motifs is 1. The van der Waals surface area contributed by atoms with Crippen molar-refractivity contribution in [1.29, 1.82) is 0 Å². The van der Waals surface area contributed by atoms with Crippen LogP contribution >= 0.6 is 11.6 Å². The Bertz CT molecular complexity index is 696. The Hall–Kier alpha value is -1.27. The molecule has 1 aliphatic rings. The van der Waals surface area contributed by atoms with Crippen molar-refractivity contribution in [2.24, 2.45) is 5.92 Å². The minimum atomic E-state index is -4.37. The number of aromatic nitrogens is 2. The average molecular weight is 346 g/mol. The van der Waals surface area contributed by atoms with E-state index in [1.54, 1.807) is 4.57 Å². The van der Waals surface area contributed by atoms with E-state index in [4.69, 9.17) is 11.6 Å². The molecule has 0 spiro atoms. The normalized spacial score (nSPS) is 19.8. The molecular weight excluding hydrogens is 327 g/mol. The summed E-state index contributed by atoms with van der Waals surface area (Å²) in [6, 6.07) is 3.60. The van der Waals surface area contributed by atoms with Crippen molar-refractivity contribution >= 4 is 22.6 Å². The first-order chi connectivity index (χ1) is 10.9. The first-order valence-electron chi connectivity index (χ1n) is 7.84. The number of nitrogens with zero attached hydrogens (tertiary/aromatic N) is 3. The number of benzene rings is 1. The fourth-order valence-corrected chi connectivity index (χ4v) is 3.53. The summed E-state index contributed by atoms with van der Waals surface area (Å²) in [6.07, 6.45) is -0.819. The van der Waals surface area contributed by atoms with Gasteiger partial charge in [0.2, 0.25) is 5.28 Å². The predicted octanol–water partition coefficient (Wildman–Crippen LogP) is 4.79. The van der Waals surface area contributed by atoms with Gasteiger partial charge in [0.25, 0.3) is 0 Å². The maximum Gasteiger partial charge on any atom is 0.416 e. The maximum atomic E-state index is 12.8. The molecule has 0 N–H and O–H groups in total. The van der Waals surface area contributed by atoms with Crippen LogP contribution in [-0.4, -0.2) is 27.5 Å². The fourth-order valence-electron chi connectivity index (χ4n) is 3.30. The number of alkyl halides is 3. The summed E-state index contributed by atoms with van der Waals surface area (Å²) in [7, 11) is 0. The third kappa shape index (κ3) is 3.48. The van der Waals surface area contributed by atoms with Gasteiger partial charge in [-0.15, -0.1) is 0 Å². The third-order valence-corrected chi connectivity index (χ3v) is 4.73. The van der Waals surface area contributed by atoms with Gasteiger partial charge in [0, 0.05) is 13.1 Å². The van der Waals surface area contributed by atoms with E-state index >= 15 is 0 Å². The molecule has 1 fully saturated rings. The van der Waals surface area contributed by atoms with E-state index in [1.165, 1.54) is 18.9 Å². The molecule has 0 bridgehead atoms. The van der Waals surface area contributed by atoms with Crippen LogP contribution in [0.2, 0.25) is 5.28 Å². The van der Waals surface area contributed by atoms with Gasteiger partial charge in [0.05, 0.1) is 23.3 Å². The van der Waals surface area contributed by atoms with Crippen molar-refractivity contribution < 1.29 is 13.2 Å². The quantitative estimate of drug-likeness (QED) is 0.794. The van der Waals surface area contributed by atoms with Gasteiger partial charge in [0.15, 0.2) is 0 Å². The van der Waals surface area contributed by atoms with Crippen molar-refractivity contribution in [2.45, 2.75) is 39.0 Å². The zero-order chi connectivity index (χ0) is 16.6. The molecule has 1 aromatic heterocycles. The Morgan fingerprint density at radius 2 is 2.13 bits per heavy atom. The molecule has 0 saturated carbocycles. The van der Waals surface area contributed by atoms with E-state index in [9.17, 15) is 13.2 Å². The number of rotatable bonds is 4. The highest BCUT2D eigenvalue weighted by atomic mass is 35.5. The second kappa shape index (κ2) is 6.32. The Morgan fingerprint density at radius 3 is 2.83 bits per heavy atom. The molecular formula is C16H19ClF3N3. The molecule has 2 aromatic rings. The lowest BCUT2D eigenvalue weighted by atomic mass is 10.0. The first-order valence-corrected chi connectivity index (χ1v) is 8.21. The molecule has 7 heteroatoms. The monoisotopic (exact) mass is 345 g/mol. The van der Waals surface area contributed by atoms with Gasteiger partial charge < -0.3 is 4.57 Å². The van der Waals surface area contributed by atoms with E-state index in [0.717, 1.165) is 31.6 Å². The molecule has 0 aliphatic carbocycles. The lowest BCUT2D eigenvalue weighted by Crippen LogP contribution is -2.24. The largest absolute Gasteiger partial charge is 0.416 e. The maximum absolute atomic E-state index is 12.8. The lowest BCUT2D eigenvalue weighted by molar-refractivity contribution is -0.137. The summed E-state index contributed by atoms with van der Waals surface area (Å²) in [5.41, 5.74) is 0.228. The summed E-state index contributed by atoms with van der Waals surface area (Å²) in [4.78, 5) is 6.37. The molecule has 3 nitrogen and oxygen atoms in total. The fraction of sp³-hybridized carbons (Fsp3) is 0.562. The van der Waals surface area contributed by atoms with E-state index < -0.39 is 11.7 Å². The van der Waals surface area contributed by atoms with Crippen LogP contribution in [0.5, 0.6) is 0 Å². The van der Waals surface area contributed by atoms with E-state index in [2.05, 4.69) is 16.8 Å². The van der Waals surface area contributed by atoms with Crippen LogP contribution in [0.1, 0.15) is 31.7 Å². The topological polar surface area (TPSA) is 21.1 Å². The van der Waals surface area contributed by atoms with E-state index in [0.29, 0.717) is 18.1 Å². The van der Waals surface area contributed by atoms with Crippen LogP contribution in [0.25, 0.3) is 11.0 Å². The molecule has 1 atom stereocenters. The van der Waals surface area contributed by atoms with Gasteiger partial charge >= 0.3 is 6.18 Å². The Balaban J connectivity index is 1.83. The van der Waals surface area contributed by atoms with Gasteiger partial charge in [0.1, 0.15) is 0 Å². The van der Waals surface area contributed by atoms with E-state index in [1.807, 2.05) is 0 Å².